The molecule has 1 heterocycles. The Morgan fingerprint density at radius 3 is 2.40 bits per heavy atom. The highest BCUT2D eigenvalue weighted by Crippen LogP contribution is 2.30. The molecule has 0 aromatic heterocycles. The van der Waals surface area contributed by atoms with E-state index in [9.17, 15) is 9.59 Å². The van der Waals surface area contributed by atoms with Crippen molar-refractivity contribution >= 4 is 11.8 Å². The molecule has 2 atom stereocenters. The van der Waals surface area contributed by atoms with Crippen LogP contribution in [0.25, 0.3) is 0 Å². The smallest absolute Gasteiger partial charge is 0.245 e. The summed E-state index contributed by atoms with van der Waals surface area (Å²) in [4.78, 5) is 26.1. The first-order valence-corrected chi connectivity index (χ1v) is 8.13. The number of carbonyl (C=O) groups is 2. The van der Waals surface area contributed by atoms with Gasteiger partial charge in [0.1, 0.15) is 12.1 Å². The van der Waals surface area contributed by atoms with E-state index in [0.29, 0.717) is 6.42 Å². The molecule has 0 radical (unpaired) electrons. The number of nitrogens with one attached hydrogen (secondary N) is 1. The van der Waals surface area contributed by atoms with Gasteiger partial charge in [-0.05, 0) is 31.6 Å². The van der Waals surface area contributed by atoms with Crippen molar-refractivity contribution in [3.05, 3.63) is 0 Å². The summed E-state index contributed by atoms with van der Waals surface area (Å²) < 4.78 is 0. The van der Waals surface area contributed by atoms with E-state index in [1.807, 2.05) is 11.8 Å². The van der Waals surface area contributed by atoms with Gasteiger partial charge in [-0.15, -0.1) is 0 Å². The lowest BCUT2D eigenvalue weighted by atomic mass is 9.81. The summed E-state index contributed by atoms with van der Waals surface area (Å²) in [5.41, 5.74) is 0. The van der Waals surface area contributed by atoms with Gasteiger partial charge in [-0.2, -0.15) is 0 Å². The number of nitrogens with zero attached hydrogens (tertiary/aromatic N) is 1. The summed E-state index contributed by atoms with van der Waals surface area (Å²) in [6.45, 7) is 6.82. The van der Waals surface area contributed by atoms with Crippen LogP contribution in [-0.4, -0.2) is 35.3 Å². The van der Waals surface area contributed by atoms with E-state index in [1.54, 1.807) is 6.92 Å². The van der Waals surface area contributed by atoms with Crippen LogP contribution in [0.1, 0.15) is 59.3 Å². The fourth-order valence-electron chi connectivity index (χ4n) is 3.53. The van der Waals surface area contributed by atoms with Gasteiger partial charge in [-0.25, -0.2) is 0 Å². The van der Waals surface area contributed by atoms with Crippen molar-refractivity contribution in [2.45, 2.75) is 71.4 Å². The Balaban J connectivity index is 1.91. The molecule has 1 saturated carbocycles. The lowest BCUT2D eigenvalue weighted by Gasteiger charge is -2.38. The van der Waals surface area contributed by atoms with Crippen molar-refractivity contribution in [2.75, 3.05) is 6.54 Å². The van der Waals surface area contributed by atoms with Crippen LogP contribution in [0.4, 0.5) is 0 Å². The average molecular weight is 280 g/mol. The van der Waals surface area contributed by atoms with Crippen molar-refractivity contribution in [1.29, 1.82) is 0 Å². The Morgan fingerprint density at radius 1 is 1.15 bits per heavy atom. The third-order valence-electron chi connectivity index (χ3n) is 4.99. The van der Waals surface area contributed by atoms with Crippen molar-refractivity contribution in [2.24, 2.45) is 11.8 Å². The van der Waals surface area contributed by atoms with E-state index in [1.165, 1.54) is 25.7 Å². The first-order chi connectivity index (χ1) is 9.52. The molecule has 2 fully saturated rings. The maximum atomic E-state index is 12.3. The van der Waals surface area contributed by atoms with Gasteiger partial charge in [-0.3, -0.25) is 9.59 Å². The molecule has 2 amide bonds. The van der Waals surface area contributed by atoms with Gasteiger partial charge in [0.05, 0.1) is 0 Å². The Kier molecular flexibility index (Phi) is 5.06. The van der Waals surface area contributed by atoms with Crippen LogP contribution < -0.4 is 5.32 Å². The lowest BCUT2D eigenvalue weighted by molar-refractivity contribution is -0.149. The summed E-state index contributed by atoms with van der Waals surface area (Å²) in [7, 11) is 0. The van der Waals surface area contributed by atoms with Gasteiger partial charge in [0.15, 0.2) is 0 Å². The summed E-state index contributed by atoms with van der Waals surface area (Å²) in [5, 5.41) is 2.77. The summed E-state index contributed by atoms with van der Waals surface area (Å²) in [6.07, 6.45) is 6.93. The van der Waals surface area contributed by atoms with Crippen molar-refractivity contribution in [1.82, 2.24) is 10.2 Å². The zero-order chi connectivity index (χ0) is 14.7. The maximum absolute atomic E-state index is 12.3. The Morgan fingerprint density at radius 2 is 1.80 bits per heavy atom. The number of rotatable bonds is 4. The predicted octanol–water partition coefficient (Wildman–Crippen LogP) is 2.33. The highest BCUT2D eigenvalue weighted by Gasteiger charge is 2.37. The summed E-state index contributed by atoms with van der Waals surface area (Å²) in [6, 6.07) is -0.627. The molecule has 1 aliphatic carbocycles. The zero-order valence-corrected chi connectivity index (χ0v) is 13.0. The Labute approximate surface area is 122 Å². The normalized spacial score (nSPS) is 35.0. The maximum Gasteiger partial charge on any atom is 0.245 e. The van der Waals surface area contributed by atoms with Crippen LogP contribution in [-0.2, 0) is 9.59 Å². The molecule has 2 aliphatic rings. The molecule has 1 saturated heterocycles. The van der Waals surface area contributed by atoms with Gasteiger partial charge in [0.25, 0.3) is 0 Å². The highest BCUT2D eigenvalue weighted by molar-refractivity contribution is 5.96. The second-order valence-electron chi connectivity index (χ2n) is 6.60. The van der Waals surface area contributed by atoms with E-state index >= 15 is 0 Å². The molecule has 4 nitrogen and oxygen atoms in total. The third kappa shape index (κ3) is 3.33. The Bertz CT molecular complexity index is 361. The average Bonchev–Trinajstić information content (AvgIpc) is 2.43. The van der Waals surface area contributed by atoms with Gasteiger partial charge in [0, 0.05) is 6.54 Å². The largest absolute Gasteiger partial charge is 0.343 e. The molecule has 1 aliphatic heterocycles. The summed E-state index contributed by atoms with van der Waals surface area (Å²) >= 11 is 0. The molecule has 114 valence electrons. The second kappa shape index (κ2) is 6.59. The molecule has 2 rings (SSSR count). The minimum Gasteiger partial charge on any atom is -0.343 e. The van der Waals surface area contributed by atoms with E-state index in [2.05, 4.69) is 12.2 Å². The standard InChI is InChI=1S/C16H28N2O2/c1-4-14-15(19)17-12(3)16(20)18(14)10-9-13-7-5-11(2)6-8-13/h11-14H,4-10H2,1-3H3,(H,17,19). The predicted molar refractivity (Wildman–Crippen MR) is 79.1 cm³/mol. The number of hydrogen-bond acceptors (Lipinski definition) is 2. The topological polar surface area (TPSA) is 49.4 Å². The summed E-state index contributed by atoms with van der Waals surface area (Å²) in [5.74, 6) is 1.69. The van der Waals surface area contributed by atoms with Gasteiger partial charge < -0.3 is 10.2 Å². The Hall–Kier alpha value is -1.06. The number of piperazine rings is 1. The monoisotopic (exact) mass is 280 g/mol. The molecule has 20 heavy (non-hydrogen) atoms. The van der Waals surface area contributed by atoms with Crippen LogP contribution in [0.2, 0.25) is 0 Å². The molecule has 0 bridgehead atoms. The van der Waals surface area contributed by atoms with Crippen molar-refractivity contribution in [3.8, 4) is 0 Å². The van der Waals surface area contributed by atoms with E-state index < -0.39 is 0 Å². The number of hydrogen-bond donors (Lipinski definition) is 1. The highest BCUT2D eigenvalue weighted by atomic mass is 16.2. The second-order valence-corrected chi connectivity index (χ2v) is 6.60. The number of amides is 2. The molecule has 2 unspecified atom stereocenters. The first kappa shape index (κ1) is 15.3. The van der Waals surface area contributed by atoms with Crippen LogP contribution in [0, 0.1) is 11.8 Å². The SMILES string of the molecule is CCC1C(=O)NC(C)C(=O)N1CCC1CCC(C)CC1. The minimum atomic E-state index is -0.364. The van der Waals surface area contributed by atoms with Crippen LogP contribution in [0.15, 0.2) is 0 Å². The fraction of sp³-hybridized carbons (Fsp3) is 0.875. The van der Waals surface area contributed by atoms with Crippen LogP contribution in [0.3, 0.4) is 0 Å². The fourth-order valence-corrected chi connectivity index (χ4v) is 3.53. The first-order valence-electron chi connectivity index (χ1n) is 8.13. The quantitative estimate of drug-likeness (QED) is 0.859. The van der Waals surface area contributed by atoms with E-state index in [0.717, 1.165) is 24.8 Å². The van der Waals surface area contributed by atoms with Crippen LogP contribution >= 0.6 is 0 Å². The van der Waals surface area contributed by atoms with E-state index in [-0.39, 0.29) is 23.9 Å². The van der Waals surface area contributed by atoms with Crippen molar-refractivity contribution < 1.29 is 9.59 Å². The van der Waals surface area contributed by atoms with Crippen LogP contribution in [0.5, 0.6) is 0 Å². The van der Waals surface area contributed by atoms with E-state index in [4.69, 9.17) is 0 Å². The molecular weight excluding hydrogens is 252 g/mol. The molecule has 1 N–H and O–H groups in total. The van der Waals surface area contributed by atoms with Crippen molar-refractivity contribution in [3.63, 3.8) is 0 Å². The molecule has 0 spiro atoms. The van der Waals surface area contributed by atoms with Gasteiger partial charge >= 0.3 is 0 Å². The molecule has 0 aromatic rings. The minimum absolute atomic E-state index is 0.0110. The molecule has 4 heteroatoms. The zero-order valence-electron chi connectivity index (χ0n) is 13.0. The number of carbonyl (C=O) groups excluding carboxylic acids is 2. The lowest BCUT2D eigenvalue weighted by Crippen LogP contribution is -2.62. The third-order valence-corrected chi connectivity index (χ3v) is 4.99. The molecule has 0 aromatic carbocycles. The molecular formula is C16H28N2O2. The van der Waals surface area contributed by atoms with Gasteiger partial charge in [0.2, 0.25) is 11.8 Å². The van der Waals surface area contributed by atoms with Gasteiger partial charge in [-0.1, -0.05) is 39.5 Å².